The highest BCUT2D eigenvalue weighted by Gasteiger charge is 2.13. The molecule has 2 aromatic rings. The summed E-state index contributed by atoms with van der Waals surface area (Å²) in [6.07, 6.45) is 0. The van der Waals surface area contributed by atoms with Gasteiger partial charge in [0.15, 0.2) is 6.61 Å². The Morgan fingerprint density at radius 1 is 1.12 bits per heavy atom. The van der Waals surface area contributed by atoms with E-state index in [0.717, 1.165) is 5.75 Å². The van der Waals surface area contributed by atoms with Gasteiger partial charge >= 0.3 is 5.97 Å². The van der Waals surface area contributed by atoms with Gasteiger partial charge in [-0.3, -0.25) is 4.79 Å². The molecular formula is C17H17ClN2O4. The Balaban J connectivity index is 1.69. The van der Waals surface area contributed by atoms with Crippen LogP contribution in [0.25, 0.3) is 0 Å². The standard InChI is InChI=1S/C17H17ClN2O4/c18-12-6-7-15(19)14(10-12)17(22)24-11-16(21)20-8-9-23-13-4-2-1-3-5-13/h1-7,10H,8-9,11,19H2,(H,20,21). The first kappa shape index (κ1) is 17.6. The van der Waals surface area contributed by atoms with Crippen molar-refractivity contribution in [2.45, 2.75) is 0 Å². The van der Waals surface area contributed by atoms with Gasteiger partial charge in [0, 0.05) is 10.7 Å². The monoisotopic (exact) mass is 348 g/mol. The number of esters is 1. The molecule has 3 N–H and O–H groups in total. The molecule has 7 heteroatoms. The maximum Gasteiger partial charge on any atom is 0.340 e. The Labute approximate surface area is 144 Å². The van der Waals surface area contributed by atoms with Gasteiger partial charge in [0.05, 0.1) is 12.1 Å². The third-order valence-corrected chi connectivity index (χ3v) is 3.24. The highest BCUT2D eigenvalue weighted by atomic mass is 35.5. The molecule has 2 rings (SSSR count). The normalized spacial score (nSPS) is 10.0. The van der Waals surface area contributed by atoms with Crippen molar-refractivity contribution in [1.82, 2.24) is 5.32 Å². The van der Waals surface area contributed by atoms with Crippen molar-refractivity contribution in [2.24, 2.45) is 0 Å². The van der Waals surface area contributed by atoms with Crippen LogP contribution in [0.1, 0.15) is 10.4 Å². The predicted octanol–water partition coefficient (Wildman–Crippen LogP) is 2.27. The third kappa shape index (κ3) is 5.48. The van der Waals surface area contributed by atoms with Gasteiger partial charge in [-0.2, -0.15) is 0 Å². The molecule has 0 aromatic heterocycles. The Bertz CT molecular complexity index is 707. The number of nitrogens with two attached hydrogens (primary N) is 1. The molecule has 0 heterocycles. The number of carbonyl (C=O) groups is 2. The summed E-state index contributed by atoms with van der Waals surface area (Å²) < 4.78 is 10.3. The molecule has 0 fully saturated rings. The number of anilines is 1. The second-order valence-electron chi connectivity index (χ2n) is 4.82. The smallest absolute Gasteiger partial charge is 0.340 e. The van der Waals surface area contributed by atoms with Crippen molar-refractivity contribution in [1.29, 1.82) is 0 Å². The van der Waals surface area contributed by atoms with Crippen molar-refractivity contribution >= 4 is 29.2 Å². The van der Waals surface area contributed by atoms with Crippen molar-refractivity contribution in [3.63, 3.8) is 0 Å². The van der Waals surface area contributed by atoms with Gasteiger partial charge in [0.25, 0.3) is 5.91 Å². The lowest BCUT2D eigenvalue weighted by molar-refractivity contribution is -0.124. The summed E-state index contributed by atoms with van der Waals surface area (Å²) in [6.45, 7) is 0.200. The quantitative estimate of drug-likeness (QED) is 0.455. The van der Waals surface area contributed by atoms with Gasteiger partial charge in [-0.1, -0.05) is 29.8 Å². The summed E-state index contributed by atoms with van der Waals surface area (Å²) in [7, 11) is 0. The molecule has 0 aliphatic carbocycles. The van der Waals surface area contributed by atoms with Crippen molar-refractivity contribution < 1.29 is 19.1 Å². The van der Waals surface area contributed by atoms with E-state index in [1.807, 2.05) is 30.3 Å². The Morgan fingerprint density at radius 2 is 1.88 bits per heavy atom. The molecule has 2 aromatic carbocycles. The third-order valence-electron chi connectivity index (χ3n) is 3.01. The first-order chi connectivity index (χ1) is 11.6. The highest BCUT2D eigenvalue weighted by Crippen LogP contribution is 2.18. The number of benzene rings is 2. The number of ether oxygens (including phenoxy) is 2. The summed E-state index contributed by atoms with van der Waals surface area (Å²) in [6, 6.07) is 13.7. The minimum Gasteiger partial charge on any atom is -0.492 e. The van der Waals surface area contributed by atoms with Gasteiger partial charge in [0.2, 0.25) is 0 Å². The fraction of sp³-hybridized carbons (Fsp3) is 0.176. The van der Waals surface area contributed by atoms with E-state index < -0.39 is 18.5 Å². The van der Waals surface area contributed by atoms with E-state index in [0.29, 0.717) is 18.2 Å². The number of carbonyl (C=O) groups excluding carboxylic acids is 2. The fourth-order valence-electron chi connectivity index (χ4n) is 1.84. The van der Waals surface area contributed by atoms with Gasteiger partial charge in [-0.15, -0.1) is 0 Å². The molecule has 126 valence electrons. The fourth-order valence-corrected chi connectivity index (χ4v) is 2.01. The summed E-state index contributed by atoms with van der Waals surface area (Å²) in [5.41, 5.74) is 6.04. The summed E-state index contributed by atoms with van der Waals surface area (Å²) in [5, 5.41) is 2.95. The summed E-state index contributed by atoms with van der Waals surface area (Å²) in [4.78, 5) is 23.5. The van der Waals surface area contributed by atoms with E-state index in [1.54, 1.807) is 6.07 Å². The molecule has 0 unspecified atom stereocenters. The maximum atomic E-state index is 11.9. The number of amides is 1. The Kier molecular flexibility index (Phi) is 6.45. The number of hydrogen-bond donors (Lipinski definition) is 2. The average Bonchev–Trinajstić information content (AvgIpc) is 2.59. The van der Waals surface area contributed by atoms with Gasteiger partial charge < -0.3 is 20.5 Å². The first-order valence-electron chi connectivity index (χ1n) is 7.23. The molecule has 24 heavy (non-hydrogen) atoms. The Hall–Kier alpha value is -2.73. The molecule has 0 saturated heterocycles. The van der Waals surface area contributed by atoms with Crippen LogP contribution in [0.3, 0.4) is 0 Å². The van der Waals surface area contributed by atoms with E-state index in [9.17, 15) is 9.59 Å². The number of hydrogen-bond acceptors (Lipinski definition) is 5. The largest absolute Gasteiger partial charge is 0.492 e. The molecular weight excluding hydrogens is 332 g/mol. The number of nitrogen functional groups attached to an aromatic ring is 1. The molecule has 1 amide bonds. The van der Waals surface area contributed by atoms with Gasteiger partial charge in [0.1, 0.15) is 12.4 Å². The lowest BCUT2D eigenvalue weighted by Gasteiger charge is -2.09. The predicted molar refractivity (Wildman–Crippen MR) is 91.1 cm³/mol. The molecule has 0 aliphatic rings. The van der Waals surface area contributed by atoms with Crippen LogP contribution < -0.4 is 15.8 Å². The molecule has 0 aliphatic heterocycles. The highest BCUT2D eigenvalue weighted by molar-refractivity contribution is 6.31. The van der Waals surface area contributed by atoms with E-state index in [1.165, 1.54) is 12.1 Å². The zero-order valence-corrected chi connectivity index (χ0v) is 13.6. The molecule has 6 nitrogen and oxygen atoms in total. The van der Waals surface area contributed by atoms with Crippen molar-refractivity contribution in [2.75, 3.05) is 25.5 Å². The van der Waals surface area contributed by atoms with Gasteiger partial charge in [-0.25, -0.2) is 4.79 Å². The van der Waals surface area contributed by atoms with Crippen LogP contribution in [-0.2, 0) is 9.53 Å². The van der Waals surface area contributed by atoms with E-state index in [2.05, 4.69) is 5.32 Å². The average molecular weight is 349 g/mol. The number of rotatable bonds is 7. The second kappa shape index (κ2) is 8.79. The van der Waals surface area contributed by atoms with Crippen LogP contribution in [0.4, 0.5) is 5.69 Å². The van der Waals surface area contributed by atoms with Crippen LogP contribution in [0.2, 0.25) is 5.02 Å². The van der Waals surface area contributed by atoms with E-state index >= 15 is 0 Å². The second-order valence-corrected chi connectivity index (χ2v) is 5.26. The molecule has 0 radical (unpaired) electrons. The molecule has 0 saturated carbocycles. The lowest BCUT2D eigenvalue weighted by atomic mass is 10.2. The van der Waals surface area contributed by atoms with Crippen LogP contribution in [0.5, 0.6) is 5.75 Å². The molecule has 0 bridgehead atoms. The zero-order valence-electron chi connectivity index (χ0n) is 12.8. The maximum absolute atomic E-state index is 11.9. The Morgan fingerprint density at radius 3 is 2.62 bits per heavy atom. The van der Waals surface area contributed by atoms with Crippen molar-refractivity contribution in [3.05, 3.63) is 59.1 Å². The van der Waals surface area contributed by atoms with E-state index in [-0.39, 0.29) is 11.3 Å². The van der Waals surface area contributed by atoms with Crippen LogP contribution in [-0.4, -0.2) is 31.6 Å². The zero-order chi connectivity index (χ0) is 17.4. The number of nitrogens with one attached hydrogen (secondary N) is 1. The summed E-state index contributed by atoms with van der Waals surface area (Å²) in [5.74, 6) is -0.416. The van der Waals surface area contributed by atoms with Crippen molar-refractivity contribution in [3.8, 4) is 5.75 Å². The van der Waals surface area contributed by atoms with Crippen LogP contribution >= 0.6 is 11.6 Å². The first-order valence-corrected chi connectivity index (χ1v) is 7.61. The van der Waals surface area contributed by atoms with Crippen LogP contribution in [0.15, 0.2) is 48.5 Å². The topological polar surface area (TPSA) is 90.7 Å². The molecule has 0 atom stereocenters. The number of halogens is 1. The minimum absolute atomic E-state index is 0.128. The van der Waals surface area contributed by atoms with Gasteiger partial charge in [-0.05, 0) is 30.3 Å². The van der Waals surface area contributed by atoms with Crippen LogP contribution in [0, 0.1) is 0 Å². The van der Waals surface area contributed by atoms with E-state index in [4.69, 9.17) is 26.8 Å². The minimum atomic E-state index is -0.703. The molecule has 0 spiro atoms. The summed E-state index contributed by atoms with van der Waals surface area (Å²) >= 11 is 5.80. The number of para-hydroxylation sites is 1. The lowest BCUT2D eigenvalue weighted by Crippen LogP contribution is -2.32. The SMILES string of the molecule is Nc1ccc(Cl)cc1C(=O)OCC(=O)NCCOc1ccccc1.